The molecule has 2 aromatic heterocycles. The van der Waals surface area contributed by atoms with Crippen LogP contribution >= 0.6 is 11.8 Å². The van der Waals surface area contributed by atoms with Crippen LogP contribution in [0.5, 0.6) is 0 Å². The first-order chi connectivity index (χ1) is 14.6. The van der Waals surface area contributed by atoms with Crippen molar-refractivity contribution in [2.45, 2.75) is 25.3 Å². The summed E-state index contributed by atoms with van der Waals surface area (Å²) in [6.07, 6.45) is 5.21. The Balaban J connectivity index is 1.52. The van der Waals surface area contributed by atoms with Gasteiger partial charge in [0, 0.05) is 7.05 Å². The number of aromatic nitrogens is 5. The number of amides is 1. The van der Waals surface area contributed by atoms with E-state index in [2.05, 4.69) is 10.1 Å². The molecule has 0 saturated heterocycles. The molecule has 0 aliphatic rings. The van der Waals surface area contributed by atoms with Gasteiger partial charge in [-0.05, 0) is 43.0 Å². The summed E-state index contributed by atoms with van der Waals surface area (Å²) in [4.78, 5) is 23.6. The Bertz CT molecular complexity index is 1140. The number of benzene rings is 2. The van der Waals surface area contributed by atoms with E-state index in [0.717, 1.165) is 33.9 Å². The van der Waals surface area contributed by atoms with Crippen LogP contribution in [-0.2, 0) is 17.1 Å². The quantitative estimate of drug-likeness (QED) is 0.456. The Labute approximate surface area is 179 Å². The fourth-order valence-electron chi connectivity index (χ4n) is 3.47. The molecule has 0 unspecified atom stereocenters. The molecule has 154 valence electrons. The van der Waals surface area contributed by atoms with Gasteiger partial charge in [0.05, 0.1) is 28.5 Å². The maximum Gasteiger partial charge on any atom is 0.242 e. The van der Waals surface area contributed by atoms with Gasteiger partial charge >= 0.3 is 0 Å². The minimum Gasteiger partial charge on any atom is -0.337 e. The second-order valence-corrected chi connectivity index (χ2v) is 8.01. The van der Waals surface area contributed by atoms with E-state index in [1.54, 1.807) is 27.7 Å². The number of hydrogen-bond acceptors (Lipinski definition) is 5. The summed E-state index contributed by atoms with van der Waals surface area (Å²) in [7, 11) is 1.85. The van der Waals surface area contributed by atoms with E-state index in [9.17, 15) is 4.79 Å². The van der Waals surface area contributed by atoms with Crippen molar-refractivity contribution in [3.8, 4) is 5.69 Å². The van der Waals surface area contributed by atoms with E-state index in [-0.39, 0.29) is 18.5 Å². The first-order valence-electron chi connectivity index (χ1n) is 9.72. The molecule has 2 heterocycles. The molecule has 8 heteroatoms. The Morgan fingerprint density at radius 2 is 1.93 bits per heavy atom. The first kappa shape index (κ1) is 20.2. The van der Waals surface area contributed by atoms with E-state index in [0.29, 0.717) is 0 Å². The van der Waals surface area contributed by atoms with Gasteiger partial charge in [-0.3, -0.25) is 4.79 Å². The fraction of sp³-hybridized carbons (Fsp3) is 0.273. The van der Waals surface area contributed by atoms with E-state index >= 15 is 0 Å². The smallest absolute Gasteiger partial charge is 0.242 e. The summed E-state index contributed by atoms with van der Waals surface area (Å²) >= 11 is 1.70. The van der Waals surface area contributed by atoms with E-state index < -0.39 is 0 Å². The number of hydrogen-bond donors (Lipinski definition) is 0. The van der Waals surface area contributed by atoms with Gasteiger partial charge in [-0.15, -0.1) is 0 Å². The molecule has 0 aliphatic heterocycles. The maximum absolute atomic E-state index is 13.1. The summed E-state index contributed by atoms with van der Waals surface area (Å²) in [6.45, 7) is 2.31. The molecule has 1 atom stereocenters. The molecule has 0 N–H and O–H groups in total. The molecule has 0 aliphatic carbocycles. The third-order valence-electron chi connectivity index (χ3n) is 5.33. The van der Waals surface area contributed by atoms with Crippen molar-refractivity contribution in [3.63, 3.8) is 0 Å². The van der Waals surface area contributed by atoms with E-state index in [1.807, 2.05) is 73.3 Å². The zero-order valence-corrected chi connectivity index (χ0v) is 18.1. The van der Waals surface area contributed by atoms with E-state index in [4.69, 9.17) is 4.98 Å². The molecule has 0 spiro atoms. The number of likely N-dealkylation sites (N-methyl/N-ethyl adjacent to an activating group) is 1. The fourth-order valence-corrected chi connectivity index (χ4v) is 3.95. The van der Waals surface area contributed by atoms with Gasteiger partial charge in [0.15, 0.2) is 0 Å². The zero-order valence-electron chi connectivity index (χ0n) is 17.3. The van der Waals surface area contributed by atoms with Gasteiger partial charge in [-0.2, -0.15) is 16.9 Å². The minimum absolute atomic E-state index is 0.0494. The Hall–Kier alpha value is -3.13. The molecule has 2 aromatic carbocycles. The molecule has 0 bridgehead atoms. The average molecular weight is 421 g/mol. The molecule has 0 saturated carbocycles. The van der Waals surface area contributed by atoms with Crippen LogP contribution in [-0.4, -0.2) is 48.4 Å². The van der Waals surface area contributed by atoms with Gasteiger partial charge in [0.2, 0.25) is 5.91 Å². The van der Waals surface area contributed by atoms with Gasteiger partial charge in [-0.25, -0.2) is 14.6 Å². The third kappa shape index (κ3) is 3.95. The predicted octanol–water partition coefficient (Wildman–Crippen LogP) is 3.70. The third-order valence-corrected chi connectivity index (χ3v) is 5.88. The number of carbonyl (C=O) groups excluding carboxylic acids is 1. The number of nitrogens with zero attached hydrogens (tertiary/aromatic N) is 6. The molecule has 1 amide bonds. The molecule has 4 aromatic rings. The van der Waals surface area contributed by atoms with Crippen molar-refractivity contribution in [2.24, 2.45) is 0 Å². The Kier molecular flexibility index (Phi) is 5.85. The molecular weight excluding hydrogens is 396 g/mol. The summed E-state index contributed by atoms with van der Waals surface area (Å²) in [6, 6.07) is 15.9. The molecule has 0 fully saturated rings. The number of rotatable bonds is 7. The van der Waals surface area contributed by atoms with Crippen molar-refractivity contribution < 1.29 is 4.79 Å². The van der Waals surface area contributed by atoms with Gasteiger partial charge in [0.1, 0.15) is 25.0 Å². The largest absolute Gasteiger partial charge is 0.337 e. The van der Waals surface area contributed by atoms with Crippen molar-refractivity contribution in [1.29, 1.82) is 0 Å². The zero-order chi connectivity index (χ0) is 21.1. The number of imidazole rings is 1. The second kappa shape index (κ2) is 8.71. The van der Waals surface area contributed by atoms with E-state index in [1.165, 1.54) is 6.33 Å². The van der Waals surface area contributed by atoms with Crippen LogP contribution in [0, 0.1) is 0 Å². The first-order valence-corrected chi connectivity index (χ1v) is 11.1. The second-order valence-electron chi connectivity index (χ2n) is 7.15. The minimum atomic E-state index is -0.0546. The van der Waals surface area contributed by atoms with Crippen molar-refractivity contribution in [1.82, 2.24) is 29.2 Å². The molecule has 0 radical (unpaired) electrons. The lowest BCUT2D eigenvalue weighted by Gasteiger charge is -2.26. The highest BCUT2D eigenvalue weighted by molar-refractivity contribution is 7.97. The summed E-state index contributed by atoms with van der Waals surface area (Å²) < 4.78 is 3.74. The standard InChI is InChI=1S/C22H24N6OS/c1-16(17-8-10-18(11-9-17)28-15-23-14-24-28)26(2)22(29)12-27-20-7-5-4-6-19(20)25-21(27)13-30-3/h4-11,14-16H,12-13H2,1-3H3/t16-/m1/s1. The molecule has 4 rings (SSSR count). The van der Waals surface area contributed by atoms with Crippen LogP contribution in [0.15, 0.2) is 61.2 Å². The lowest BCUT2D eigenvalue weighted by atomic mass is 10.1. The summed E-state index contributed by atoms with van der Waals surface area (Å²) in [5.41, 5.74) is 3.92. The van der Waals surface area contributed by atoms with Crippen LogP contribution in [0.2, 0.25) is 0 Å². The van der Waals surface area contributed by atoms with Crippen LogP contribution in [0.25, 0.3) is 16.7 Å². The number of carbonyl (C=O) groups is 1. The Morgan fingerprint density at radius 1 is 1.17 bits per heavy atom. The van der Waals surface area contributed by atoms with Crippen LogP contribution in [0.4, 0.5) is 0 Å². The number of thioether (sulfide) groups is 1. The number of fused-ring (bicyclic) bond motifs is 1. The highest BCUT2D eigenvalue weighted by atomic mass is 32.2. The van der Waals surface area contributed by atoms with Crippen LogP contribution in [0.3, 0.4) is 0 Å². The normalized spacial score (nSPS) is 12.2. The van der Waals surface area contributed by atoms with Gasteiger partial charge < -0.3 is 9.47 Å². The highest BCUT2D eigenvalue weighted by Crippen LogP contribution is 2.23. The lowest BCUT2D eigenvalue weighted by Crippen LogP contribution is -2.33. The van der Waals surface area contributed by atoms with Crippen LogP contribution in [0.1, 0.15) is 24.4 Å². The van der Waals surface area contributed by atoms with Crippen molar-refractivity contribution in [2.75, 3.05) is 13.3 Å². The van der Waals surface area contributed by atoms with Crippen molar-refractivity contribution >= 4 is 28.7 Å². The monoisotopic (exact) mass is 420 g/mol. The van der Waals surface area contributed by atoms with Crippen molar-refractivity contribution in [3.05, 3.63) is 72.6 Å². The highest BCUT2D eigenvalue weighted by Gasteiger charge is 2.20. The topological polar surface area (TPSA) is 68.8 Å². The van der Waals surface area contributed by atoms with Gasteiger partial charge in [-0.1, -0.05) is 24.3 Å². The van der Waals surface area contributed by atoms with Gasteiger partial charge in [0.25, 0.3) is 0 Å². The SMILES string of the molecule is CSCc1nc2ccccc2n1CC(=O)N(C)[C@H](C)c1ccc(-n2cncn2)cc1. The van der Waals surface area contributed by atoms with Crippen LogP contribution < -0.4 is 0 Å². The average Bonchev–Trinajstić information content (AvgIpc) is 3.42. The molecule has 30 heavy (non-hydrogen) atoms. The lowest BCUT2D eigenvalue weighted by molar-refractivity contribution is -0.132. The summed E-state index contributed by atoms with van der Waals surface area (Å²) in [5, 5.41) is 4.14. The maximum atomic E-state index is 13.1. The Morgan fingerprint density at radius 3 is 2.63 bits per heavy atom. The number of para-hydroxylation sites is 2. The predicted molar refractivity (Wildman–Crippen MR) is 119 cm³/mol. The molecular formula is C22H24N6OS. The summed E-state index contributed by atoms with van der Waals surface area (Å²) in [5.74, 6) is 1.74. The molecule has 7 nitrogen and oxygen atoms in total.